The van der Waals surface area contributed by atoms with Crippen molar-refractivity contribution in [2.24, 2.45) is 0 Å². The Kier molecular flexibility index (Phi) is 4.19. The fourth-order valence-corrected chi connectivity index (χ4v) is 3.44. The SMILES string of the molecule is BrC(c1ccc(Oc2ccccc2)cc1)c1cccs1. The molecule has 0 aliphatic rings. The largest absolute Gasteiger partial charge is 0.457 e. The van der Waals surface area contributed by atoms with Gasteiger partial charge in [-0.3, -0.25) is 0 Å². The van der Waals surface area contributed by atoms with Crippen molar-refractivity contribution in [3.8, 4) is 11.5 Å². The van der Waals surface area contributed by atoms with Gasteiger partial charge in [-0.25, -0.2) is 0 Å². The van der Waals surface area contributed by atoms with E-state index in [1.807, 2.05) is 42.5 Å². The fourth-order valence-electron chi connectivity index (χ4n) is 1.93. The third-order valence-corrected chi connectivity index (χ3v) is 5.21. The van der Waals surface area contributed by atoms with E-state index in [0.717, 1.165) is 11.5 Å². The van der Waals surface area contributed by atoms with E-state index in [1.165, 1.54) is 10.4 Å². The molecule has 100 valence electrons. The highest BCUT2D eigenvalue weighted by Crippen LogP contribution is 2.34. The molecular formula is C17H13BrOS. The monoisotopic (exact) mass is 344 g/mol. The lowest BCUT2D eigenvalue weighted by molar-refractivity contribution is 0.482. The van der Waals surface area contributed by atoms with Crippen LogP contribution < -0.4 is 4.74 Å². The van der Waals surface area contributed by atoms with Gasteiger partial charge >= 0.3 is 0 Å². The zero-order chi connectivity index (χ0) is 13.8. The van der Waals surface area contributed by atoms with Crippen LogP contribution in [0, 0.1) is 0 Å². The molecule has 0 aliphatic heterocycles. The predicted octanol–water partition coefficient (Wildman–Crippen LogP) is 6.02. The Morgan fingerprint density at radius 1 is 0.800 bits per heavy atom. The molecule has 1 unspecified atom stereocenters. The second-order valence-electron chi connectivity index (χ2n) is 4.36. The molecule has 0 bridgehead atoms. The van der Waals surface area contributed by atoms with E-state index in [1.54, 1.807) is 11.3 Å². The smallest absolute Gasteiger partial charge is 0.127 e. The molecule has 1 nitrogen and oxygen atoms in total. The van der Waals surface area contributed by atoms with Gasteiger partial charge < -0.3 is 4.74 Å². The van der Waals surface area contributed by atoms with Gasteiger partial charge in [0.2, 0.25) is 0 Å². The zero-order valence-corrected chi connectivity index (χ0v) is 13.1. The molecule has 0 spiro atoms. The second-order valence-corrected chi connectivity index (χ2v) is 6.26. The molecule has 3 rings (SSSR count). The number of rotatable bonds is 4. The lowest BCUT2D eigenvalue weighted by atomic mass is 10.1. The van der Waals surface area contributed by atoms with Crippen LogP contribution in [-0.2, 0) is 0 Å². The maximum absolute atomic E-state index is 5.79. The van der Waals surface area contributed by atoms with Crippen LogP contribution in [0.3, 0.4) is 0 Å². The third-order valence-electron chi connectivity index (χ3n) is 2.94. The van der Waals surface area contributed by atoms with Crippen molar-refractivity contribution < 1.29 is 4.74 Å². The first-order chi connectivity index (χ1) is 9.83. The van der Waals surface area contributed by atoms with E-state index in [2.05, 4.69) is 45.6 Å². The Balaban J connectivity index is 1.75. The van der Waals surface area contributed by atoms with Crippen LogP contribution in [0.25, 0.3) is 0 Å². The van der Waals surface area contributed by atoms with Gasteiger partial charge in [0, 0.05) is 4.88 Å². The van der Waals surface area contributed by atoms with Crippen LogP contribution in [0.5, 0.6) is 11.5 Å². The normalized spacial score (nSPS) is 12.1. The molecule has 0 saturated heterocycles. The van der Waals surface area contributed by atoms with Crippen molar-refractivity contribution in [2.45, 2.75) is 4.83 Å². The summed E-state index contributed by atoms with van der Waals surface area (Å²) < 4.78 is 5.79. The third kappa shape index (κ3) is 3.11. The van der Waals surface area contributed by atoms with Crippen molar-refractivity contribution in [3.63, 3.8) is 0 Å². The van der Waals surface area contributed by atoms with Gasteiger partial charge in [0.25, 0.3) is 0 Å². The molecule has 3 heteroatoms. The van der Waals surface area contributed by atoms with Gasteiger partial charge in [-0.05, 0) is 41.3 Å². The highest BCUT2D eigenvalue weighted by atomic mass is 79.9. The highest BCUT2D eigenvalue weighted by molar-refractivity contribution is 9.09. The van der Waals surface area contributed by atoms with Gasteiger partial charge in [-0.15, -0.1) is 11.3 Å². The first kappa shape index (κ1) is 13.4. The molecular weight excluding hydrogens is 332 g/mol. The molecule has 0 aliphatic carbocycles. The van der Waals surface area contributed by atoms with E-state index in [4.69, 9.17) is 4.74 Å². The molecule has 0 fully saturated rings. The Morgan fingerprint density at radius 2 is 1.50 bits per heavy atom. The predicted molar refractivity (Wildman–Crippen MR) is 88.0 cm³/mol. The van der Waals surface area contributed by atoms with Gasteiger partial charge in [0.1, 0.15) is 11.5 Å². The Labute approximate surface area is 131 Å². The topological polar surface area (TPSA) is 9.23 Å². The quantitative estimate of drug-likeness (QED) is 0.525. The first-order valence-electron chi connectivity index (χ1n) is 6.33. The minimum absolute atomic E-state index is 0.244. The van der Waals surface area contributed by atoms with Crippen molar-refractivity contribution in [1.82, 2.24) is 0 Å². The van der Waals surface area contributed by atoms with Crippen LogP contribution in [0.4, 0.5) is 0 Å². The van der Waals surface area contributed by atoms with E-state index < -0.39 is 0 Å². The minimum Gasteiger partial charge on any atom is -0.457 e. The molecule has 0 amide bonds. The zero-order valence-electron chi connectivity index (χ0n) is 10.7. The molecule has 0 radical (unpaired) electrons. The number of hydrogen-bond acceptors (Lipinski definition) is 2. The van der Waals surface area contributed by atoms with Crippen LogP contribution >= 0.6 is 27.3 Å². The van der Waals surface area contributed by atoms with E-state index in [-0.39, 0.29) is 4.83 Å². The summed E-state index contributed by atoms with van der Waals surface area (Å²) >= 11 is 5.49. The van der Waals surface area contributed by atoms with Crippen molar-refractivity contribution >= 4 is 27.3 Å². The van der Waals surface area contributed by atoms with Gasteiger partial charge in [0.15, 0.2) is 0 Å². The summed E-state index contributed by atoms with van der Waals surface area (Å²) in [5, 5.41) is 2.09. The molecule has 0 saturated carbocycles. The second kappa shape index (κ2) is 6.25. The molecule has 1 atom stereocenters. The van der Waals surface area contributed by atoms with Crippen LogP contribution in [0.2, 0.25) is 0 Å². The summed E-state index contributed by atoms with van der Waals surface area (Å²) in [7, 11) is 0. The molecule has 3 aromatic rings. The first-order valence-corrected chi connectivity index (χ1v) is 8.13. The number of hydrogen-bond donors (Lipinski definition) is 0. The van der Waals surface area contributed by atoms with Crippen molar-refractivity contribution in [2.75, 3.05) is 0 Å². The Morgan fingerprint density at radius 3 is 2.15 bits per heavy atom. The van der Waals surface area contributed by atoms with Gasteiger partial charge in [0.05, 0.1) is 4.83 Å². The van der Waals surface area contributed by atoms with Gasteiger partial charge in [-0.1, -0.05) is 52.3 Å². The number of halogens is 1. The summed E-state index contributed by atoms with van der Waals surface area (Å²) in [6.07, 6.45) is 0. The summed E-state index contributed by atoms with van der Waals surface area (Å²) in [6, 6.07) is 22.2. The van der Waals surface area contributed by atoms with Crippen molar-refractivity contribution in [3.05, 3.63) is 82.6 Å². The summed E-state index contributed by atoms with van der Waals surface area (Å²) in [5.74, 6) is 1.71. The maximum atomic E-state index is 5.79. The van der Waals surface area contributed by atoms with Crippen molar-refractivity contribution in [1.29, 1.82) is 0 Å². The van der Waals surface area contributed by atoms with E-state index in [9.17, 15) is 0 Å². The van der Waals surface area contributed by atoms with Crippen LogP contribution in [0.15, 0.2) is 72.1 Å². The number of ether oxygens (including phenoxy) is 1. The number of alkyl halides is 1. The molecule has 1 aromatic heterocycles. The summed E-state index contributed by atoms with van der Waals surface area (Å²) in [5.41, 5.74) is 1.23. The number of benzene rings is 2. The average Bonchev–Trinajstić information content (AvgIpc) is 3.03. The summed E-state index contributed by atoms with van der Waals surface area (Å²) in [4.78, 5) is 1.55. The average molecular weight is 345 g/mol. The van der Waals surface area contributed by atoms with Crippen LogP contribution in [-0.4, -0.2) is 0 Å². The Bertz CT molecular complexity index is 647. The lowest BCUT2D eigenvalue weighted by Crippen LogP contribution is -1.90. The van der Waals surface area contributed by atoms with E-state index >= 15 is 0 Å². The van der Waals surface area contributed by atoms with E-state index in [0.29, 0.717) is 0 Å². The Hall–Kier alpha value is -1.58. The molecule has 20 heavy (non-hydrogen) atoms. The molecule has 2 aromatic carbocycles. The maximum Gasteiger partial charge on any atom is 0.127 e. The highest BCUT2D eigenvalue weighted by Gasteiger charge is 2.11. The number of thiophene rings is 1. The lowest BCUT2D eigenvalue weighted by Gasteiger charge is -2.10. The minimum atomic E-state index is 0.244. The van der Waals surface area contributed by atoms with Crippen LogP contribution in [0.1, 0.15) is 15.3 Å². The molecule has 1 heterocycles. The molecule has 0 N–H and O–H groups in total. The standard InChI is InChI=1S/C17H13BrOS/c18-17(16-7-4-12-20-16)13-8-10-15(11-9-13)19-14-5-2-1-3-6-14/h1-12,17H. The number of para-hydroxylation sites is 1. The fraction of sp³-hybridized carbons (Fsp3) is 0.0588. The van der Waals surface area contributed by atoms with Gasteiger partial charge in [-0.2, -0.15) is 0 Å². The summed E-state index contributed by atoms with van der Waals surface area (Å²) in [6.45, 7) is 0.